The maximum Gasteiger partial charge on any atom is 0.312 e. The Labute approximate surface area is 96.9 Å². The molecule has 0 aliphatic carbocycles. The molecule has 4 heteroatoms. The Hall–Kier alpha value is -0.870. The van der Waals surface area contributed by atoms with Gasteiger partial charge in [-0.1, -0.05) is 28.1 Å². The van der Waals surface area contributed by atoms with E-state index in [1.807, 2.05) is 6.07 Å². The Balaban J connectivity index is 3.04. The summed E-state index contributed by atoms with van der Waals surface area (Å²) in [5, 5.41) is 18.9. The lowest BCUT2D eigenvalue weighted by molar-refractivity contribution is -0.153. The SMILES string of the molecule is CC(C)(C(=O)O)C(O)c1cccc(Br)c1. The van der Waals surface area contributed by atoms with Gasteiger partial charge in [-0.15, -0.1) is 0 Å². The second-order valence-corrected chi connectivity index (χ2v) is 4.90. The van der Waals surface area contributed by atoms with Gasteiger partial charge >= 0.3 is 5.97 Å². The highest BCUT2D eigenvalue weighted by atomic mass is 79.9. The molecule has 0 fully saturated rings. The van der Waals surface area contributed by atoms with Crippen molar-refractivity contribution in [2.24, 2.45) is 5.41 Å². The molecule has 15 heavy (non-hydrogen) atoms. The fourth-order valence-corrected chi connectivity index (χ4v) is 1.63. The molecule has 0 bridgehead atoms. The molecule has 0 aromatic heterocycles. The number of halogens is 1. The average Bonchev–Trinajstić information content (AvgIpc) is 2.16. The molecule has 1 aromatic carbocycles. The van der Waals surface area contributed by atoms with Crippen molar-refractivity contribution in [3.63, 3.8) is 0 Å². The highest BCUT2D eigenvalue weighted by molar-refractivity contribution is 9.10. The molecule has 0 saturated heterocycles. The molecular weight excluding hydrogens is 260 g/mol. The molecule has 1 unspecified atom stereocenters. The van der Waals surface area contributed by atoms with Gasteiger partial charge in [0.1, 0.15) is 0 Å². The zero-order valence-corrected chi connectivity index (χ0v) is 10.2. The van der Waals surface area contributed by atoms with E-state index in [9.17, 15) is 9.90 Å². The predicted molar refractivity (Wildman–Crippen MR) is 60.5 cm³/mol. The lowest BCUT2D eigenvalue weighted by Gasteiger charge is -2.26. The molecule has 82 valence electrons. The van der Waals surface area contributed by atoms with Gasteiger partial charge in [0.2, 0.25) is 0 Å². The Morgan fingerprint density at radius 3 is 2.53 bits per heavy atom. The first-order valence-corrected chi connectivity index (χ1v) is 5.32. The first kappa shape index (κ1) is 12.2. The van der Waals surface area contributed by atoms with Crippen molar-refractivity contribution in [2.45, 2.75) is 20.0 Å². The van der Waals surface area contributed by atoms with Gasteiger partial charge in [0.15, 0.2) is 0 Å². The van der Waals surface area contributed by atoms with E-state index in [0.717, 1.165) is 4.47 Å². The van der Waals surface area contributed by atoms with Crippen LogP contribution in [0.1, 0.15) is 25.5 Å². The van der Waals surface area contributed by atoms with Gasteiger partial charge in [0, 0.05) is 4.47 Å². The fourth-order valence-electron chi connectivity index (χ4n) is 1.21. The van der Waals surface area contributed by atoms with Crippen LogP contribution >= 0.6 is 15.9 Å². The van der Waals surface area contributed by atoms with E-state index in [2.05, 4.69) is 15.9 Å². The number of aliphatic carboxylic acids is 1. The Kier molecular flexibility index (Phi) is 3.52. The maximum absolute atomic E-state index is 10.9. The van der Waals surface area contributed by atoms with E-state index in [0.29, 0.717) is 5.56 Å². The van der Waals surface area contributed by atoms with Crippen LogP contribution in [0.25, 0.3) is 0 Å². The van der Waals surface area contributed by atoms with E-state index in [4.69, 9.17) is 5.11 Å². The van der Waals surface area contributed by atoms with Crippen molar-refractivity contribution < 1.29 is 15.0 Å². The van der Waals surface area contributed by atoms with E-state index in [1.165, 1.54) is 13.8 Å². The van der Waals surface area contributed by atoms with E-state index in [1.54, 1.807) is 18.2 Å². The summed E-state index contributed by atoms with van der Waals surface area (Å²) in [5.74, 6) is -1.02. The maximum atomic E-state index is 10.9. The van der Waals surface area contributed by atoms with Crippen LogP contribution in [0.3, 0.4) is 0 Å². The van der Waals surface area contributed by atoms with Crippen LogP contribution < -0.4 is 0 Å². The molecule has 2 N–H and O–H groups in total. The number of aliphatic hydroxyl groups is 1. The summed E-state index contributed by atoms with van der Waals surface area (Å²) in [6, 6.07) is 7.01. The third-order valence-electron chi connectivity index (χ3n) is 2.40. The lowest BCUT2D eigenvalue weighted by Crippen LogP contribution is -2.31. The third kappa shape index (κ3) is 2.58. The molecule has 0 aliphatic rings. The van der Waals surface area contributed by atoms with Gasteiger partial charge in [-0.3, -0.25) is 4.79 Å². The number of aliphatic hydroxyl groups excluding tert-OH is 1. The quantitative estimate of drug-likeness (QED) is 0.889. The van der Waals surface area contributed by atoms with Crippen molar-refractivity contribution in [1.82, 2.24) is 0 Å². The Morgan fingerprint density at radius 2 is 2.07 bits per heavy atom. The lowest BCUT2D eigenvalue weighted by atomic mass is 9.83. The van der Waals surface area contributed by atoms with Crippen molar-refractivity contribution >= 4 is 21.9 Å². The number of hydrogen-bond donors (Lipinski definition) is 2. The normalized spacial score (nSPS) is 13.6. The summed E-state index contributed by atoms with van der Waals surface area (Å²) in [6.45, 7) is 3.00. The van der Waals surface area contributed by atoms with Gasteiger partial charge in [-0.25, -0.2) is 0 Å². The summed E-state index contributed by atoms with van der Waals surface area (Å²) < 4.78 is 0.820. The summed E-state index contributed by atoms with van der Waals surface area (Å²) in [4.78, 5) is 10.9. The minimum absolute atomic E-state index is 0.594. The van der Waals surface area contributed by atoms with Gasteiger partial charge in [-0.05, 0) is 31.5 Å². The smallest absolute Gasteiger partial charge is 0.312 e. The first-order chi connectivity index (χ1) is 6.85. The van der Waals surface area contributed by atoms with Crippen molar-refractivity contribution in [3.8, 4) is 0 Å². The molecule has 0 aliphatic heterocycles. The molecule has 3 nitrogen and oxygen atoms in total. The van der Waals surface area contributed by atoms with Crippen LogP contribution in [0.15, 0.2) is 28.7 Å². The Bertz CT molecular complexity index is 374. The van der Waals surface area contributed by atoms with Crippen molar-refractivity contribution in [1.29, 1.82) is 0 Å². The van der Waals surface area contributed by atoms with Crippen molar-refractivity contribution in [3.05, 3.63) is 34.3 Å². The molecule has 1 atom stereocenters. The molecular formula is C11H13BrO3. The number of carboxylic acid groups (broad SMARTS) is 1. The van der Waals surface area contributed by atoms with E-state index < -0.39 is 17.5 Å². The first-order valence-electron chi connectivity index (χ1n) is 4.52. The molecule has 0 saturated carbocycles. The third-order valence-corrected chi connectivity index (χ3v) is 2.89. The summed E-state index contributed by atoms with van der Waals surface area (Å²) >= 11 is 3.28. The molecule has 0 spiro atoms. The van der Waals surface area contributed by atoms with Crippen LogP contribution in [0.4, 0.5) is 0 Å². The van der Waals surface area contributed by atoms with Crippen LogP contribution in [0.5, 0.6) is 0 Å². The second kappa shape index (κ2) is 4.33. The van der Waals surface area contributed by atoms with Crippen LogP contribution in [-0.2, 0) is 4.79 Å². The van der Waals surface area contributed by atoms with Crippen LogP contribution in [0.2, 0.25) is 0 Å². The number of carbonyl (C=O) groups is 1. The number of benzene rings is 1. The van der Waals surface area contributed by atoms with Gasteiger partial charge in [-0.2, -0.15) is 0 Å². The largest absolute Gasteiger partial charge is 0.481 e. The molecule has 0 amide bonds. The van der Waals surface area contributed by atoms with Gasteiger partial charge < -0.3 is 10.2 Å². The second-order valence-electron chi connectivity index (χ2n) is 3.98. The summed E-state index contributed by atoms with van der Waals surface area (Å²) in [7, 11) is 0. The van der Waals surface area contributed by atoms with Crippen molar-refractivity contribution in [2.75, 3.05) is 0 Å². The molecule has 0 heterocycles. The molecule has 0 radical (unpaired) electrons. The highest BCUT2D eigenvalue weighted by Gasteiger charge is 2.36. The minimum Gasteiger partial charge on any atom is -0.481 e. The minimum atomic E-state index is -1.19. The van der Waals surface area contributed by atoms with Gasteiger partial charge in [0.25, 0.3) is 0 Å². The monoisotopic (exact) mass is 272 g/mol. The topological polar surface area (TPSA) is 57.5 Å². The van der Waals surface area contributed by atoms with E-state index in [-0.39, 0.29) is 0 Å². The number of carboxylic acids is 1. The molecule has 1 aromatic rings. The Morgan fingerprint density at radius 1 is 1.47 bits per heavy atom. The van der Waals surface area contributed by atoms with Crippen LogP contribution in [0, 0.1) is 5.41 Å². The zero-order valence-electron chi connectivity index (χ0n) is 8.57. The molecule has 1 rings (SSSR count). The zero-order chi connectivity index (χ0) is 11.6. The number of hydrogen-bond acceptors (Lipinski definition) is 2. The number of rotatable bonds is 3. The average molecular weight is 273 g/mol. The van der Waals surface area contributed by atoms with Crippen LogP contribution in [-0.4, -0.2) is 16.2 Å². The van der Waals surface area contributed by atoms with Gasteiger partial charge in [0.05, 0.1) is 11.5 Å². The highest BCUT2D eigenvalue weighted by Crippen LogP contribution is 2.34. The van der Waals surface area contributed by atoms with E-state index >= 15 is 0 Å². The standard InChI is InChI=1S/C11H13BrO3/c1-11(2,10(14)15)9(13)7-4-3-5-8(12)6-7/h3-6,9,13H,1-2H3,(H,14,15). The summed E-state index contributed by atoms with van der Waals surface area (Å²) in [6.07, 6.45) is -1.02. The predicted octanol–water partition coefficient (Wildman–Crippen LogP) is 2.59. The fraction of sp³-hybridized carbons (Fsp3) is 0.364. The summed E-state index contributed by atoms with van der Waals surface area (Å²) in [5.41, 5.74) is -0.599.